The molecule has 0 aliphatic carbocycles. The van der Waals surface area contributed by atoms with Gasteiger partial charge in [0, 0.05) is 22.2 Å². The molecule has 2 rings (SSSR count). The van der Waals surface area contributed by atoms with Crippen LogP contribution >= 0.6 is 34.8 Å². The van der Waals surface area contributed by atoms with Crippen molar-refractivity contribution in [2.24, 2.45) is 0 Å². The van der Waals surface area contributed by atoms with Crippen LogP contribution < -0.4 is 0 Å². The van der Waals surface area contributed by atoms with Gasteiger partial charge in [0.1, 0.15) is 0 Å². The Hall–Kier alpha value is -1.03. The summed E-state index contributed by atoms with van der Waals surface area (Å²) >= 11 is 18.0. The number of aromatic nitrogens is 2. The minimum absolute atomic E-state index is 0.0918. The molecule has 0 atom stereocenters. The molecule has 1 heterocycles. The molecular formula is C14H13Cl3N2O. The first-order valence-electron chi connectivity index (χ1n) is 6.13. The molecule has 0 N–H and O–H groups in total. The van der Waals surface area contributed by atoms with E-state index in [4.69, 9.17) is 34.8 Å². The first kappa shape index (κ1) is 15.4. The molecular weight excluding hydrogens is 319 g/mol. The molecule has 0 saturated carbocycles. The predicted molar refractivity (Wildman–Crippen MR) is 82.1 cm³/mol. The van der Waals surface area contributed by atoms with E-state index < -0.39 is 0 Å². The zero-order valence-corrected chi connectivity index (χ0v) is 13.4. The van der Waals surface area contributed by atoms with E-state index in [0.717, 1.165) is 5.69 Å². The number of benzene rings is 1. The van der Waals surface area contributed by atoms with E-state index in [1.807, 2.05) is 13.8 Å². The number of hydrogen-bond acceptors (Lipinski definition) is 2. The number of carbonyl (C=O) groups excluding carboxylic acids is 1. The van der Waals surface area contributed by atoms with Crippen LogP contribution in [0.25, 0.3) is 0 Å². The van der Waals surface area contributed by atoms with Crippen LogP contribution in [0.15, 0.2) is 18.2 Å². The Labute approximate surface area is 132 Å². The molecule has 0 spiro atoms. The first-order valence-corrected chi connectivity index (χ1v) is 7.26. The van der Waals surface area contributed by atoms with E-state index in [-0.39, 0.29) is 12.2 Å². The standard InChI is InChI=1S/C14H13Cl3N2O/c1-3-19-12(14(17)8(2)18-19)7-13(20)9-4-10(15)6-11(16)5-9/h4-6H,3,7H2,1-2H3. The zero-order chi connectivity index (χ0) is 14.9. The van der Waals surface area contributed by atoms with Crippen LogP contribution in [0, 0.1) is 6.92 Å². The molecule has 0 bridgehead atoms. The summed E-state index contributed by atoms with van der Waals surface area (Å²) in [7, 11) is 0. The lowest BCUT2D eigenvalue weighted by molar-refractivity contribution is 0.0990. The molecule has 106 valence electrons. The Bertz CT molecular complexity index is 644. The molecule has 0 radical (unpaired) electrons. The van der Waals surface area contributed by atoms with Crippen molar-refractivity contribution in [1.29, 1.82) is 0 Å². The molecule has 0 unspecified atom stereocenters. The summed E-state index contributed by atoms with van der Waals surface area (Å²) in [4.78, 5) is 12.3. The summed E-state index contributed by atoms with van der Waals surface area (Å²) in [5, 5.41) is 5.70. The highest BCUT2D eigenvalue weighted by Gasteiger charge is 2.17. The molecule has 0 fully saturated rings. The average molecular weight is 332 g/mol. The van der Waals surface area contributed by atoms with E-state index in [0.29, 0.717) is 32.9 Å². The fourth-order valence-electron chi connectivity index (χ4n) is 2.01. The lowest BCUT2D eigenvalue weighted by Gasteiger charge is -2.06. The second kappa shape index (κ2) is 6.17. The van der Waals surface area contributed by atoms with Gasteiger partial charge in [-0.05, 0) is 32.0 Å². The quantitative estimate of drug-likeness (QED) is 0.768. The van der Waals surface area contributed by atoms with Crippen LogP contribution in [0.1, 0.15) is 28.7 Å². The SMILES string of the molecule is CCn1nc(C)c(Cl)c1CC(=O)c1cc(Cl)cc(Cl)c1. The van der Waals surface area contributed by atoms with Gasteiger partial charge in [-0.25, -0.2) is 0 Å². The van der Waals surface area contributed by atoms with E-state index >= 15 is 0 Å². The highest BCUT2D eigenvalue weighted by Crippen LogP contribution is 2.24. The third-order valence-electron chi connectivity index (χ3n) is 2.97. The van der Waals surface area contributed by atoms with Gasteiger partial charge in [0.25, 0.3) is 0 Å². The smallest absolute Gasteiger partial charge is 0.168 e. The summed E-state index contributed by atoms with van der Waals surface area (Å²) in [5.74, 6) is -0.0918. The molecule has 1 aromatic heterocycles. The average Bonchev–Trinajstić information content (AvgIpc) is 2.65. The summed E-state index contributed by atoms with van der Waals surface area (Å²) in [6.45, 7) is 4.43. The normalized spacial score (nSPS) is 10.8. The third-order valence-corrected chi connectivity index (χ3v) is 3.89. The second-order valence-electron chi connectivity index (χ2n) is 4.42. The van der Waals surface area contributed by atoms with Gasteiger partial charge in [0.05, 0.1) is 22.8 Å². The molecule has 0 amide bonds. The van der Waals surface area contributed by atoms with Crippen molar-refractivity contribution in [1.82, 2.24) is 9.78 Å². The zero-order valence-electron chi connectivity index (χ0n) is 11.1. The Kier molecular flexibility index (Phi) is 4.74. The van der Waals surface area contributed by atoms with Crippen molar-refractivity contribution < 1.29 is 4.79 Å². The maximum atomic E-state index is 12.3. The number of carbonyl (C=O) groups is 1. The lowest BCUT2D eigenvalue weighted by atomic mass is 10.1. The topological polar surface area (TPSA) is 34.9 Å². The van der Waals surface area contributed by atoms with Crippen molar-refractivity contribution in [2.45, 2.75) is 26.8 Å². The van der Waals surface area contributed by atoms with Gasteiger partial charge in [-0.3, -0.25) is 9.48 Å². The Morgan fingerprint density at radius 3 is 2.35 bits per heavy atom. The highest BCUT2D eigenvalue weighted by molar-refractivity contribution is 6.35. The monoisotopic (exact) mass is 330 g/mol. The highest BCUT2D eigenvalue weighted by atomic mass is 35.5. The number of Topliss-reactive ketones (excluding diaryl/α,β-unsaturated/α-hetero) is 1. The van der Waals surface area contributed by atoms with Crippen LogP contribution in [-0.2, 0) is 13.0 Å². The molecule has 0 aliphatic rings. The molecule has 0 aliphatic heterocycles. The Balaban J connectivity index is 2.32. The molecule has 2 aromatic rings. The van der Waals surface area contributed by atoms with Crippen molar-refractivity contribution in [3.05, 3.63) is 50.2 Å². The summed E-state index contributed by atoms with van der Waals surface area (Å²) in [6.07, 6.45) is 0.171. The summed E-state index contributed by atoms with van der Waals surface area (Å²) < 4.78 is 1.74. The van der Waals surface area contributed by atoms with Crippen LogP contribution in [0.4, 0.5) is 0 Å². The van der Waals surface area contributed by atoms with E-state index in [2.05, 4.69) is 5.10 Å². The van der Waals surface area contributed by atoms with Crippen molar-refractivity contribution in [2.75, 3.05) is 0 Å². The van der Waals surface area contributed by atoms with E-state index in [1.165, 1.54) is 0 Å². The van der Waals surface area contributed by atoms with E-state index in [9.17, 15) is 4.79 Å². The molecule has 0 saturated heterocycles. The fraction of sp³-hybridized carbons (Fsp3) is 0.286. The van der Waals surface area contributed by atoms with Crippen molar-refractivity contribution in [3.63, 3.8) is 0 Å². The van der Waals surface area contributed by atoms with Crippen LogP contribution in [0.2, 0.25) is 15.1 Å². The second-order valence-corrected chi connectivity index (χ2v) is 5.67. The van der Waals surface area contributed by atoms with Gasteiger partial charge in [0.15, 0.2) is 5.78 Å². The largest absolute Gasteiger partial charge is 0.294 e. The lowest BCUT2D eigenvalue weighted by Crippen LogP contribution is -2.10. The minimum atomic E-state index is -0.0918. The van der Waals surface area contributed by atoms with Crippen LogP contribution in [-0.4, -0.2) is 15.6 Å². The van der Waals surface area contributed by atoms with Crippen molar-refractivity contribution >= 4 is 40.6 Å². The Morgan fingerprint density at radius 1 is 1.20 bits per heavy atom. The number of hydrogen-bond donors (Lipinski definition) is 0. The van der Waals surface area contributed by atoms with Gasteiger partial charge in [-0.1, -0.05) is 34.8 Å². The molecule has 20 heavy (non-hydrogen) atoms. The number of nitrogens with zero attached hydrogens (tertiary/aromatic N) is 2. The number of ketones is 1. The number of halogens is 3. The maximum Gasteiger partial charge on any atom is 0.168 e. The van der Waals surface area contributed by atoms with Gasteiger partial charge in [-0.2, -0.15) is 5.10 Å². The van der Waals surface area contributed by atoms with Gasteiger partial charge < -0.3 is 0 Å². The van der Waals surface area contributed by atoms with Crippen LogP contribution in [0.3, 0.4) is 0 Å². The molecule has 3 nitrogen and oxygen atoms in total. The Morgan fingerprint density at radius 2 is 1.80 bits per heavy atom. The molecule has 6 heteroatoms. The van der Waals surface area contributed by atoms with Gasteiger partial charge in [0.2, 0.25) is 0 Å². The van der Waals surface area contributed by atoms with Crippen molar-refractivity contribution in [3.8, 4) is 0 Å². The maximum absolute atomic E-state index is 12.3. The van der Waals surface area contributed by atoms with Gasteiger partial charge in [-0.15, -0.1) is 0 Å². The predicted octanol–water partition coefficient (Wildman–Crippen LogP) is 4.60. The summed E-state index contributed by atoms with van der Waals surface area (Å²) in [6, 6.07) is 4.79. The van der Waals surface area contributed by atoms with Gasteiger partial charge >= 0.3 is 0 Å². The third kappa shape index (κ3) is 3.17. The minimum Gasteiger partial charge on any atom is -0.294 e. The first-order chi connectivity index (χ1) is 9.42. The molecule has 1 aromatic carbocycles. The number of rotatable bonds is 4. The van der Waals surface area contributed by atoms with Crippen LogP contribution in [0.5, 0.6) is 0 Å². The fourth-order valence-corrected chi connectivity index (χ4v) is 2.74. The number of aryl methyl sites for hydroxylation is 2. The van der Waals surface area contributed by atoms with E-state index in [1.54, 1.807) is 22.9 Å². The summed E-state index contributed by atoms with van der Waals surface area (Å²) in [5.41, 5.74) is 1.91.